The Morgan fingerprint density at radius 3 is 2.53 bits per heavy atom. The van der Waals surface area contributed by atoms with Crippen molar-refractivity contribution < 1.29 is 4.79 Å². The van der Waals surface area contributed by atoms with Crippen LogP contribution in [-0.2, 0) is 4.79 Å². The molecule has 1 amide bonds. The van der Waals surface area contributed by atoms with Crippen LogP contribution in [0, 0.1) is 5.92 Å². The van der Waals surface area contributed by atoms with Gasteiger partial charge in [-0.05, 0) is 32.2 Å². The highest BCUT2D eigenvalue weighted by Gasteiger charge is 2.21. The number of amides is 1. The third-order valence-corrected chi connectivity index (χ3v) is 3.69. The standard InChI is InChI=1S/C12H22N2O/c15-12(10-4-2-1-3-5-10)14-9-7-11-6-8-13-11/h10-11,13H,1-9H2,(H,14,15). The third kappa shape index (κ3) is 3.20. The molecule has 1 saturated heterocycles. The third-order valence-electron chi connectivity index (χ3n) is 3.69. The van der Waals surface area contributed by atoms with Gasteiger partial charge in [-0.3, -0.25) is 4.79 Å². The molecular weight excluding hydrogens is 188 g/mol. The molecule has 3 heteroatoms. The van der Waals surface area contributed by atoms with Crippen molar-refractivity contribution in [3.63, 3.8) is 0 Å². The van der Waals surface area contributed by atoms with Gasteiger partial charge in [0.2, 0.25) is 5.91 Å². The largest absolute Gasteiger partial charge is 0.356 e. The van der Waals surface area contributed by atoms with Crippen LogP contribution in [0.4, 0.5) is 0 Å². The van der Waals surface area contributed by atoms with Gasteiger partial charge in [-0.25, -0.2) is 0 Å². The van der Waals surface area contributed by atoms with E-state index in [0.29, 0.717) is 17.9 Å². The van der Waals surface area contributed by atoms with E-state index >= 15 is 0 Å². The Bertz CT molecular complexity index is 208. The zero-order chi connectivity index (χ0) is 10.5. The lowest BCUT2D eigenvalue weighted by Gasteiger charge is -2.28. The minimum Gasteiger partial charge on any atom is -0.356 e. The van der Waals surface area contributed by atoms with Crippen molar-refractivity contribution in [3.8, 4) is 0 Å². The minimum atomic E-state index is 0.300. The van der Waals surface area contributed by atoms with Crippen LogP contribution in [0.5, 0.6) is 0 Å². The van der Waals surface area contributed by atoms with E-state index in [0.717, 1.165) is 32.4 Å². The number of hydrogen-bond acceptors (Lipinski definition) is 2. The van der Waals surface area contributed by atoms with Crippen molar-refractivity contribution >= 4 is 5.91 Å². The van der Waals surface area contributed by atoms with Gasteiger partial charge in [0.1, 0.15) is 0 Å². The molecule has 1 atom stereocenters. The molecule has 0 aromatic carbocycles. The van der Waals surface area contributed by atoms with Gasteiger partial charge in [-0.2, -0.15) is 0 Å². The number of hydrogen-bond donors (Lipinski definition) is 2. The Labute approximate surface area is 92.0 Å². The van der Waals surface area contributed by atoms with Crippen LogP contribution in [0.25, 0.3) is 0 Å². The van der Waals surface area contributed by atoms with Gasteiger partial charge in [-0.1, -0.05) is 19.3 Å². The molecule has 2 rings (SSSR count). The van der Waals surface area contributed by atoms with E-state index in [9.17, 15) is 4.79 Å². The Morgan fingerprint density at radius 2 is 1.93 bits per heavy atom. The summed E-state index contributed by atoms with van der Waals surface area (Å²) in [4.78, 5) is 11.8. The fraction of sp³-hybridized carbons (Fsp3) is 0.917. The van der Waals surface area contributed by atoms with Gasteiger partial charge < -0.3 is 10.6 Å². The van der Waals surface area contributed by atoms with E-state index in [4.69, 9.17) is 0 Å². The average molecular weight is 210 g/mol. The average Bonchev–Trinajstić information content (AvgIpc) is 2.23. The van der Waals surface area contributed by atoms with Crippen molar-refractivity contribution in [2.75, 3.05) is 13.1 Å². The predicted octanol–water partition coefficient (Wildman–Crippen LogP) is 1.43. The summed E-state index contributed by atoms with van der Waals surface area (Å²) in [5, 5.41) is 6.42. The fourth-order valence-corrected chi connectivity index (χ4v) is 2.47. The monoisotopic (exact) mass is 210 g/mol. The van der Waals surface area contributed by atoms with Crippen LogP contribution in [-0.4, -0.2) is 25.0 Å². The second-order valence-corrected chi connectivity index (χ2v) is 4.85. The Balaban J connectivity index is 1.58. The summed E-state index contributed by atoms with van der Waals surface area (Å²) >= 11 is 0. The molecule has 0 bridgehead atoms. The SMILES string of the molecule is O=C(NCCC1CCN1)C1CCCCC1. The van der Waals surface area contributed by atoms with Gasteiger partial charge in [-0.15, -0.1) is 0 Å². The van der Waals surface area contributed by atoms with Crippen LogP contribution < -0.4 is 10.6 Å². The summed E-state index contributed by atoms with van der Waals surface area (Å²) in [6, 6.07) is 0.664. The first kappa shape index (κ1) is 10.9. The lowest BCUT2D eigenvalue weighted by atomic mass is 9.88. The molecular formula is C12H22N2O. The van der Waals surface area contributed by atoms with Crippen LogP contribution >= 0.6 is 0 Å². The Kier molecular flexibility index (Phi) is 4.01. The molecule has 15 heavy (non-hydrogen) atoms. The minimum absolute atomic E-state index is 0.300. The molecule has 2 aliphatic rings. The van der Waals surface area contributed by atoms with Crippen molar-refractivity contribution in [1.82, 2.24) is 10.6 Å². The van der Waals surface area contributed by atoms with Crippen molar-refractivity contribution in [3.05, 3.63) is 0 Å². The molecule has 1 aliphatic carbocycles. The molecule has 0 radical (unpaired) electrons. The summed E-state index contributed by atoms with van der Waals surface area (Å²) in [5.41, 5.74) is 0. The van der Waals surface area contributed by atoms with E-state index in [1.807, 2.05) is 0 Å². The van der Waals surface area contributed by atoms with Crippen LogP contribution in [0.1, 0.15) is 44.9 Å². The summed E-state index contributed by atoms with van der Waals surface area (Å²) in [6.45, 7) is 2.01. The zero-order valence-electron chi connectivity index (χ0n) is 9.43. The lowest BCUT2D eigenvalue weighted by molar-refractivity contribution is -0.125. The van der Waals surface area contributed by atoms with Gasteiger partial charge in [0.15, 0.2) is 0 Å². The van der Waals surface area contributed by atoms with E-state index in [2.05, 4.69) is 10.6 Å². The molecule has 0 aromatic rings. The van der Waals surface area contributed by atoms with Crippen molar-refractivity contribution in [2.45, 2.75) is 51.0 Å². The van der Waals surface area contributed by atoms with E-state index < -0.39 is 0 Å². The number of rotatable bonds is 4. The fourth-order valence-electron chi connectivity index (χ4n) is 2.47. The summed E-state index contributed by atoms with van der Waals surface area (Å²) < 4.78 is 0. The Morgan fingerprint density at radius 1 is 1.20 bits per heavy atom. The maximum absolute atomic E-state index is 11.8. The first-order valence-corrected chi connectivity index (χ1v) is 6.37. The smallest absolute Gasteiger partial charge is 0.223 e. The summed E-state index contributed by atoms with van der Waals surface area (Å²) in [7, 11) is 0. The highest BCUT2D eigenvalue weighted by atomic mass is 16.1. The molecule has 1 aliphatic heterocycles. The molecule has 1 saturated carbocycles. The lowest BCUT2D eigenvalue weighted by Crippen LogP contribution is -2.45. The first-order chi connectivity index (χ1) is 7.36. The van der Waals surface area contributed by atoms with Crippen molar-refractivity contribution in [1.29, 1.82) is 0 Å². The summed E-state index contributed by atoms with van der Waals surface area (Å²) in [6.07, 6.45) is 8.37. The van der Waals surface area contributed by atoms with Crippen LogP contribution in [0.2, 0.25) is 0 Å². The van der Waals surface area contributed by atoms with Gasteiger partial charge in [0.25, 0.3) is 0 Å². The van der Waals surface area contributed by atoms with Gasteiger partial charge in [0.05, 0.1) is 0 Å². The molecule has 2 N–H and O–H groups in total. The molecule has 1 unspecified atom stereocenters. The second-order valence-electron chi connectivity index (χ2n) is 4.85. The molecule has 3 nitrogen and oxygen atoms in total. The van der Waals surface area contributed by atoms with E-state index in [1.165, 1.54) is 25.7 Å². The quantitative estimate of drug-likeness (QED) is 0.737. The van der Waals surface area contributed by atoms with Crippen LogP contribution in [0.15, 0.2) is 0 Å². The zero-order valence-corrected chi connectivity index (χ0v) is 9.43. The van der Waals surface area contributed by atoms with E-state index in [-0.39, 0.29) is 0 Å². The molecule has 0 aromatic heterocycles. The normalized spacial score (nSPS) is 27.1. The highest BCUT2D eigenvalue weighted by Crippen LogP contribution is 2.23. The topological polar surface area (TPSA) is 41.1 Å². The van der Waals surface area contributed by atoms with Crippen LogP contribution in [0.3, 0.4) is 0 Å². The molecule has 2 fully saturated rings. The second kappa shape index (κ2) is 5.50. The predicted molar refractivity (Wildman–Crippen MR) is 60.6 cm³/mol. The number of nitrogens with one attached hydrogen (secondary N) is 2. The molecule has 86 valence electrons. The first-order valence-electron chi connectivity index (χ1n) is 6.37. The molecule has 1 heterocycles. The maximum Gasteiger partial charge on any atom is 0.223 e. The summed E-state index contributed by atoms with van der Waals surface area (Å²) in [5.74, 6) is 0.613. The highest BCUT2D eigenvalue weighted by molar-refractivity contribution is 5.78. The number of carbonyl (C=O) groups excluding carboxylic acids is 1. The van der Waals surface area contributed by atoms with Crippen molar-refractivity contribution in [2.24, 2.45) is 5.92 Å². The molecule has 0 spiro atoms. The van der Waals surface area contributed by atoms with E-state index in [1.54, 1.807) is 0 Å². The van der Waals surface area contributed by atoms with Gasteiger partial charge in [0, 0.05) is 18.5 Å². The maximum atomic E-state index is 11.8. The number of carbonyl (C=O) groups is 1. The van der Waals surface area contributed by atoms with Gasteiger partial charge >= 0.3 is 0 Å². The Hall–Kier alpha value is -0.570.